The number of aromatic nitrogens is 4. The second-order valence-corrected chi connectivity index (χ2v) is 5.47. The van der Waals surface area contributed by atoms with Crippen LogP contribution in [0.2, 0.25) is 0 Å². The molecule has 2 aromatic rings. The van der Waals surface area contributed by atoms with Gasteiger partial charge in [0.25, 0.3) is 0 Å². The summed E-state index contributed by atoms with van der Waals surface area (Å²) >= 11 is 0. The summed E-state index contributed by atoms with van der Waals surface area (Å²) < 4.78 is 0. The second-order valence-electron chi connectivity index (χ2n) is 5.47. The number of anilines is 2. The first-order valence-electron chi connectivity index (χ1n) is 6.90. The first-order valence-corrected chi connectivity index (χ1v) is 6.90. The Morgan fingerprint density at radius 2 is 1.85 bits per heavy atom. The van der Waals surface area contributed by atoms with Gasteiger partial charge in [0.15, 0.2) is 0 Å². The lowest BCUT2D eigenvalue weighted by atomic mass is 10.2. The largest absolute Gasteiger partial charge is 0.372 e. The molecule has 2 aromatic heterocycles. The molecule has 0 amide bonds. The van der Waals surface area contributed by atoms with Gasteiger partial charge in [-0.1, -0.05) is 0 Å². The Kier molecular flexibility index (Phi) is 2.55. The van der Waals surface area contributed by atoms with Crippen molar-refractivity contribution in [3.63, 3.8) is 0 Å². The van der Waals surface area contributed by atoms with Gasteiger partial charge in [-0.3, -0.25) is 4.98 Å². The zero-order chi connectivity index (χ0) is 13.5. The van der Waals surface area contributed by atoms with Crippen LogP contribution < -0.4 is 10.2 Å². The van der Waals surface area contributed by atoms with E-state index in [1.165, 1.54) is 6.42 Å². The second kappa shape index (κ2) is 4.40. The van der Waals surface area contributed by atoms with E-state index in [2.05, 4.69) is 30.2 Å². The van der Waals surface area contributed by atoms with E-state index in [4.69, 9.17) is 0 Å². The van der Waals surface area contributed by atoms with Crippen LogP contribution in [0.15, 0.2) is 24.8 Å². The highest BCUT2D eigenvalue weighted by molar-refractivity contribution is 5.58. The highest BCUT2D eigenvalue weighted by Gasteiger charge is 2.45. The zero-order valence-corrected chi connectivity index (χ0v) is 11.3. The topological polar surface area (TPSA) is 66.8 Å². The van der Waals surface area contributed by atoms with Gasteiger partial charge in [-0.05, 0) is 18.3 Å². The van der Waals surface area contributed by atoms with Crippen LogP contribution >= 0.6 is 0 Å². The number of nitrogens with one attached hydrogen (secondary N) is 1. The summed E-state index contributed by atoms with van der Waals surface area (Å²) in [5.74, 6) is 3.35. The highest BCUT2D eigenvalue weighted by atomic mass is 15.3. The zero-order valence-electron chi connectivity index (χ0n) is 11.3. The lowest BCUT2D eigenvalue weighted by Crippen LogP contribution is -2.23. The number of piperidine rings is 1. The normalized spacial score (nSPS) is 23.6. The molecule has 0 bridgehead atoms. The minimum absolute atomic E-state index is 0.742. The molecule has 2 fully saturated rings. The first-order chi connectivity index (χ1) is 9.83. The van der Waals surface area contributed by atoms with Gasteiger partial charge in [0, 0.05) is 38.1 Å². The van der Waals surface area contributed by atoms with Gasteiger partial charge in [-0.25, -0.2) is 15.0 Å². The molecule has 1 aliphatic heterocycles. The molecule has 0 radical (unpaired) electrons. The van der Waals surface area contributed by atoms with Gasteiger partial charge in [0.1, 0.15) is 5.82 Å². The van der Waals surface area contributed by atoms with Crippen LogP contribution in [0, 0.1) is 11.8 Å². The van der Waals surface area contributed by atoms with E-state index in [0.717, 1.165) is 47.9 Å². The molecule has 102 valence electrons. The molecule has 2 atom stereocenters. The van der Waals surface area contributed by atoms with Crippen molar-refractivity contribution in [2.75, 3.05) is 30.4 Å². The third-order valence-corrected chi connectivity index (χ3v) is 4.09. The molecule has 4 rings (SSSR count). The molecule has 1 saturated heterocycles. The van der Waals surface area contributed by atoms with Crippen LogP contribution in [0.1, 0.15) is 6.42 Å². The molecule has 1 saturated carbocycles. The van der Waals surface area contributed by atoms with E-state index in [9.17, 15) is 0 Å². The number of rotatable bonds is 3. The maximum Gasteiger partial charge on any atom is 0.225 e. The van der Waals surface area contributed by atoms with Crippen molar-refractivity contribution in [3.8, 4) is 11.3 Å². The average molecular weight is 268 g/mol. The third-order valence-electron chi connectivity index (χ3n) is 4.09. The smallest absolute Gasteiger partial charge is 0.225 e. The van der Waals surface area contributed by atoms with Crippen LogP contribution in [-0.2, 0) is 0 Å². The minimum Gasteiger partial charge on any atom is -0.372 e. The van der Waals surface area contributed by atoms with Crippen molar-refractivity contribution in [3.05, 3.63) is 24.8 Å². The van der Waals surface area contributed by atoms with Crippen molar-refractivity contribution in [2.24, 2.45) is 11.8 Å². The van der Waals surface area contributed by atoms with Gasteiger partial charge < -0.3 is 10.2 Å². The van der Waals surface area contributed by atoms with E-state index in [-0.39, 0.29) is 0 Å². The lowest BCUT2D eigenvalue weighted by Gasteiger charge is -2.17. The number of fused-ring (bicyclic) bond motifs is 1. The summed E-state index contributed by atoms with van der Waals surface area (Å²) in [6.45, 7) is 2.22. The lowest BCUT2D eigenvalue weighted by molar-refractivity contribution is 0.787. The fourth-order valence-corrected chi connectivity index (χ4v) is 2.80. The predicted octanol–water partition coefficient (Wildman–Crippen LogP) is 1.43. The fourth-order valence-electron chi connectivity index (χ4n) is 2.80. The van der Waals surface area contributed by atoms with Gasteiger partial charge in [-0.15, -0.1) is 0 Å². The molecule has 2 unspecified atom stereocenters. The van der Waals surface area contributed by atoms with Crippen LogP contribution in [0.4, 0.5) is 11.8 Å². The molecule has 2 aliphatic rings. The van der Waals surface area contributed by atoms with Crippen LogP contribution in [0.5, 0.6) is 0 Å². The molecule has 0 aromatic carbocycles. The van der Waals surface area contributed by atoms with Crippen molar-refractivity contribution in [1.82, 2.24) is 19.9 Å². The summed E-state index contributed by atoms with van der Waals surface area (Å²) in [4.78, 5) is 19.8. The standard InChI is InChI=1S/C14H16N6/c1-15-13-6-16-5-12(19-13)11-3-17-14(18-4-11)20-7-9-2-10(9)8-20/h3-6,9-10H,2,7-8H2,1H3,(H,15,19). The SMILES string of the molecule is CNc1cncc(-c2cnc(N3CC4CC4C3)nc2)n1. The molecular formula is C14H16N6. The molecule has 1 aliphatic carbocycles. The number of hydrogen-bond acceptors (Lipinski definition) is 6. The van der Waals surface area contributed by atoms with Crippen LogP contribution in [0.3, 0.4) is 0 Å². The quantitative estimate of drug-likeness (QED) is 0.908. The van der Waals surface area contributed by atoms with Gasteiger partial charge in [0.05, 0.1) is 18.1 Å². The highest BCUT2D eigenvalue weighted by Crippen LogP contribution is 2.45. The summed E-state index contributed by atoms with van der Waals surface area (Å²) in [5, 5.41) is 2.98. The Morgan fingerprint density at radius 1 is 1.10 bits per heavy atom. The molecule has 20 heavy (non-hydrogen) atoms. The predicted molar refractivity (Wildman–Crippen MR) is 76.4 cm³/mol. The molecule has 6 heteroatoms. The Labute approximate surface area is 117 Å². The van der Waals surface area contributed by atoms with Crippen molar-refractivity contribution >= 4 is 11.8 Å². The Bertz CT molecular complexity index is 616. The Morgan fingerprint density at radius 3 is 2.55 bits per heavy atom. The monoisotopic (exact) mass is 268 g/mol. The van der Waals surface area contributed by atoms with Crippen LogP contribution in [-0.4, -0.2) is 40.1 Å². The number of nitrogens with zero attached hydrogens (tertiary/aromatic N) is 5. The molecule has 0 spiro atoms. The fraction of sp³-hybridized carbons (Fsp3) is 0.429. The summed E-state index contributed by atoms with van der Waals surface area (Å²) in [5.41, 5.74) is 1.68. The van der Waals surface area contributed by atoms with E-state index in [0.29, 0.717) is 0 Å². The number of hydrogen-bond donors (Lipinski definition) is 1. The van der Waals surface area contributed by atoms with Crippen molar-refractivity contribution in [2.45, 2.75) is 6.42 Å². The molecular weight excluding hydrogens is 252 g/mol. The van der Waals surface area contributed by atoms with E-state index in [1.54, 1.807) is 12.4 Å². The van der Waals surface area contributed by atoms with E-state index in [1.807, 2.05) is 19.4 Å². The van der Waals surface area contributed by atoms with Gasteiger partial charge in [-0.2, -0.15) is 0 Å². The molecule has 1 N–H and O–H groups in total. The van der Waals surface area contributed by atoms with E-state index < -0.39 is 0 Å². The molecule has 3 heterocycles. The summed E-state index contributed by atoms with van der Waals surface area (Å²) in [7, 11) is 1.83. The minimum atomic E-state index is 0.742. The maximum atomic E-state index is 4.47. The third kappa shape index (κ3) is 1.97. The molecule has 6 nitrogen and oxygen atoms in total. The van der Waals surface area contributed by atoms with Crippen LogP contribution in [0.25, 0.3) is 11.3 Å². The summed E-state index contributed by atoms with van der Waals surface area (Å²) in [6, 6.07) is 0. The Hall–Kier alpha value is -2.24. The van der Waals surface area contributed by atoms with Gasteiger partial charge in [0.2, 0.25) is 5.95 Å². The average Bonchev–Trinajstić information content (AvgIpc) is 3.13. The van der Waals surface area contributed by atoms with Gasteiger partial charge >= 0.3 is 0 Å². The maximum absolute atomic E-state index is 4.47. The Balaban J connectivity index is 1.57. The van der Waals surface area contributed by atoms with Crippen molar-refractivity contribution < 1.29 is 0 Å². The summed E-state index contributed by atoms with van der Waals surface area (Å²) in [6.07, 6.45) is 8.46. The van der Waals surface area contributed by atoms with Crippen molar-refractivity contribution in [1.29, 1.82) is 0 Å². The van der Waals surface area contributed by atoms with E-state index >= 15 is 0 Å². The first kappa shape index (κ1) is 11.6.